The van der Waals surface area contributed by atoms with Crippen molar-refractivity contribution in [3.05, 3.63) is 77.2 Å². The lowest BCUT2D eigenvalue weighted by atomic mass is 10.1. The molecule has 0 amide bonds. The van der Waals surface area contributed by atoms with Crippen LogP contribution in [0.1, 0.15) is 10.9 Å². The zero-order valence-corrected chi connectivity index (χ0v) is 16.4. The van der Waals surface area contributed by atoms with Crippen LogP contribution in [0.4, 0.5) is 0 Å². The first-order valence-corrected chi connectivity index (χ1v) is 10.5. The summed E-state index contributed by atoms with van der Waals surface area (Å²) in [5.41, 5.74) is 2.66. The molecule has 0 bridgehead atoms. The number of fused-ring (bicyclic) bond motifs is 1. The summed E-state index contributed by atoms with van der Waals surface area (Å²) < 4.78 is 0. The number of hydrogen-bond acceptors (Lipinski definition) is 6. The monoisotopic (exact) mass is 401 g/mol. The molecule has 136 valence electrons. The van der Waals surface area contributed by atoms with Gasteiger partial charge >= 0.3 is 0 Å². The average Bonchev–Trinajstić information content (AvgIpc) is 3.23. The Kier molecular flexibility index (Phi) is 5.47. The first-order chi connectivity index (χ1) is 13.8. The van der Waals surface area contributed by atoms with E-state index in [0.29, 0.717) is 5.01 Å². The maximum absolute atomic E-state index is 12.7. The highest BCUT2D eigenvalue weighted by atomic mass is 32.2. The molecule has 0 aliphatic carbocycles. The molecule has 28 heavy (non-hydrogen) atoms. The Morgan fingerprint density at radius 3 is 2.71 bits per heavy atom. The predicted molar refractivity (Wildman–Crippen MR) is 113 cm³/mol. The molecule has 4 rings (SSSR count). The smallest absolute Gasteiger partial charge is 0.167 e. The van der Waals surface area contributed by atoms with E-state index in [1.807, 2.05) is 66.0 Å². The Morgan fingerprint density at radius 2 is 1.89 bits per heavy atom. The van der Waals surface area contributed by atoms with Gasteiger partial charge in [0.15, 0.2) is 11.7 Å². The molecular formula is C22H15N3OS2. The molecule has 4 aromatic rings. The van der Waals surface area contributed by atoms with Crippen molar-refractivity contribution < 1.29 is 4.79 Å². The second kappa shape index (κ2) is 8.34. The van der Waals surface area contributed by atoms with Crippen molar-refractivity contribution in [3.63, 3.8) is 0 Å². The van der Waals surface area contributed by atoms with Gasteiger partial charge < -0.3 is 0 Å². The van der Waals surface area contributed by atoms with Crippen molar-refractivity contribution in [1.82, 2.24) is 9.97 Å². The van der Waals surface area contributed by atoms with Crippen LogP contribution in [-0.2, 0) is 4.79 Å². The minimum Gasteiger partial charge on any atom is -0.297 e. The molecule has 2 aromatic heterocycles. The van der Waals surface area contributed by atoms with Gasteiger partial charge in [-0.25, -0.2) is 4.98 Å². The van der Waals surface area contributed by atoms with E-state index >= 15 is 0 Å². The van der Waals surface area contributed by atoms with Crippen molar-refractivity contribution in [2.45, 2.75) is 10.8 Å². The van der Waals surface area contributed by atoms with Crippen LogP contribution in [0, 0.1) is 11.3 Å². The van der Waals surface area contributed by atoms with Crippen LogP contribution in [-0.4, -0.2) is 21.5 Å². The van der Waals surface area contributed by atoms with Gasteiger partial charge in [0.05, 0.1) is 23.0 Å². The summed E-state index contributed by atoms with van der Waals surface area (Å²) >= 11 is 2.79. The SMILES string of the molecule is N#CC(C(=O)CSc1ccnc2ccccc12)c1nc(-c2ccccc2)cs1. The quantitative estimate of drug-likeness (QED) is 0.409. The van der Waals surface area contributed by atoms with Crippen molar-refractivity contribution in [3.8, 4) is 17.3 Å². The van der Waals surface area contributed by atoms with Gasteiger partial charge in [0.1, 0.15) is 5.01 Å². The van der Waals surface area contributed by atoms with Gasteiger partial charge in [0.2, 0.25) is 0 Å². The Balaban J connectivity index is 1.50. The zero-order valence-electron chi connectivity index (χ0n) is 14.8. The van der Waals surface area contributed by atoms with Gasteiger partial charge in [0, 0.05) is 27.4 Å². The van der Waals surface area contributed by atoms with E-state index in [9.17, 15) is 10.1 Å². The molecule has 0 saturated heterocycles. The van der Waals surface area contributed by atoms with E-state index < -0.39 is 5.92 Å². The van der Waals surface area contributed by atoms with E-state index in [2.05, 4.69) is 16.0 Å². The van der Waals surface area contributed by atoms with E-state index in [-0.39, 0.29) is 11.5 Å². The standard InChI is InChI=1S/C22H15N3OS2/c23-12-17(22-25-19(13-28-22)15-6-2-1-3-7-15)20(26)14-27-21-10-11-24-18-9-5-4-8-16(18)21/h1-11,13,17H,14H2. The summed E-state index contributed by atoms with van der Waals surface area (Å²) in [5, 5.41) is 13.0. The van der Waals surface area contributed by atoms with Crippen LogP contribution in [0.3, 0.4) is 0 Å². The third-order valence-electron chi connectivity index (χ3n) is 4.27. The van der Waals surface area contributed by atoms with Gasteiger partial charge in [-0.05, 0) is 12.1 Å². The first kappa shape index (κ1) is 18.4. The Morgan fingerprint density at radius 1 is 1.11 bits per heavy atom. The van der Waals surface area contributed by atoms with Crippen LogP contribution >= 0.6 is 23.1 Å². The van der Waals surface area contributed by atoms with E-state index in [1.54, 1.807) is 6.20 Å². The molecule has 0 saturated carbocycles. The number of Topliss-reactive ketones (excluding diaryl/α,β-unsaturated/α-hetero) is 1. The first-order valence-electron chi connectivity index (χ1n) is 8.66. The predicted octanol–water partition coefficient (Wildman–Crippen LogP) is 5.33. The maximum Gasteiger partial charge on any atom is 0.167 e. The third kappa shape index (κ3) is 3.81. The van der Waals surface area contributed by atoms with Crippen molar-refractivity contribution in [1.29, 1.82) is 5.26 Å². The highest BCUT2D eigenvalue weighted by Gasteiger charge is 2.24. The summed E-state index contributed by atoms with van der Waals surface area (Å²) in [4.78, 5) is 22.6. The lowest BCUT2D eigenvalue weighted by Gasteiger charge is -2.07. The third-order valence-corrected chi connectivity index (χ3v) is 6.27. The second-order valence-electron chi connectivity index (χ2n) is 6.08. The number of benzene rings is 2. The molecule has 2 heterocycles. The molecule has 0 spiro atoms. The van der Waals surface area contributed by atoms with Crippen LogP contribution in [0.2, 0.25) is 0 Å². The molecule has 0 aliphatic rings. The fourth-order valence-corrected chi connectivity index (χ4v) is 4.70. The van der Waals surface area contributed by atoms with Gasteiger partial charge in [-0.15, -0.1) is 23.1 Å². The lowest BCUT2D eigenvalue weighted by molar-refractivity contribution is -0.116. The number of ketones is 1. The summed E-state index contributed by atoms with van der Waals surface area (Å²) in [5.74, 6) is -0.766. The largest absolute Gasteiger partial charge is 0.297 e. The average molecular weight is 402 g/mol. The fraction of sp³-hybridized carbons (Fsp3) is 0.0909. The molecule has 0 N–H and O–H groups in total. The Bertz CT molecular complexity index is 1160. The van der Waals surface area contributed by atoms with Gasteiger partial charge in [-0.2, -0.15) is 5.26 Å². The normalized spacial score (nSPS) is 11.8. The highest BCUT2D eigenvalue weighted by Crippen LogP contribution is 2.30. The molecule has 6 heteroatoms. The number of para-hydroxylation sites is 1. The zero-order chi connectivity index (χ0) is 19.3. The van der Waals surface area contributed by atoms with Gasteiger partial charge in [-0.3, -0.25) is 9.78 Å². The number of thioether (sulfide) groups is 1. The molecule has 0 radical (unpaired) electrons. The number of nitriles is 1. The molecule has 2 aromatic carbocycles. The van der Waals surface area contributed by atoms with Crippen molar-refractivity contribution in [2.75, 3.05) is 5.75 Å². The van der Waals surface area contributed by atoms with Crippen LogP contribution in [0.25, 0.3) is 22.2 Å². The number of carbonyl (C=O) groups excluding carboxylic acids is 1. The van der Waals surface area contributed by atoms with Crippen molar-refractivity contribution >= 4 is 39.8 Å². The fourth-order valence-electron chi connectivity index (χ4n) is 2.85. The molecule has 0 aliphatic heterocycles. The maximum atomic E-state index is 12.7. The minimum atomic E-state index is -0.844. The minimum absolute atomic E-state index is 0.137. The van der Waals surface area contributed by atoms with Gasteiger partial charge in [-0.1, -0.05) is 48.5 Å². The van der Waals surface area contributed by atoms with Crippen LogP contribution in [0.15, 0.2) is 77.1 Å². The number of thiazole rings is 1. The number of aromatic nitrogens is 2. The summed E-state index contributed by atoms with van der Waals surface area (Å²) in [6, 6.07) is 21.6. The van der Waals surface area contributed by atoms with Crippen LogP contribution < -0.4 is 0 Å². The summed E-state index contributed by atoms with van der Waals surface area (Å²) in [7, 11) is 0. The van der Waals surface area contributed by atoms with Crippen molar-refractivity contribution in [2.24, 2.45) is 0 Å². The van der Waals surface area contributed by atoms with E-state index in [0.717, 1.165) is 27.1 Å². The Hall–Kier alpha value is -3.01. The Labute approximate surface area is 170 Å². The van der Waals surface area contributed by atoms with E-state index in [4.69, 9.17) is 0 Å². The molecular weight excluding hydrogens is 386 g/mol. The van der Waals surface area contributed by atoms with Crippen LogP contribution in [0.5, 0.6) is 0 Å². The molecule has 1 unspecified atom stereocenters. The van der Waals surface area contributed by atoms with E-state index in [1.165, 1.54) is 23.1 Å². The summed E-state index contributed by atoms with van der Waals surface area (Å²) in [6.07, 6.45) is 1.74. The summed E-state index contributed by atoms with van der Waals surface area (Å²) in [6.45, 7) is 0. The number of carbonyl (C=O) groups is 1. The second-order valence-corrected chi connectivity index (χ2v) is 7.99. The number of pyridine rings is 1. The highest BCUT2D eigenvalue weighted by molar-refractivity contribution is 8.00. The molecule has 1 atom stereocenters. The topological polar surface area (TPSA) is 66.6 Å². The lowest BCUT2D eigenvalue weighted by Crippen LogP contribution is -2.13. The molecule has 4 nitrogen and oxygen atoms in total. The number of nitrogens with zero attached hydrogens (tertiary/aromatic N) is 3. The number of rotatable bonds is 6. The molecule has 0 fully saturated rings. The number of hydrogen-bond donors (Lipinski definition) is 0. The van der Waals surface area contributed by atoms with Gasteiger partial charge in [0.25, 0.3) is 0 Å².